The van der Waals surface area contributed by atoms with Crippen LogP contribution in [0.5, 0.6) is 5.75 Å². The smallest absolute Gasteiger partial charge is 0.390 e. The molecule has 0 N–H and O–H groups in total. The van der Waals surface area contributed by atoms with Gasteiger partial charge in [-0.15, -0.1) is 0 Å². The maximum absolute atomic E-state index is 11.0. The van der Waals surface area contributed by atoms with Crippen LogP contribution in [0.3, 0.4) is 0 Å². The predicted molar refractivity (Wildman–Crippen MR) is 55.5 cm³/mol. The second-order valence-electron chi connectivity index (χ2n) is 3.15. The zero-order valence-corrected chi connectivity index (χ0v) is 8.19. The van der Waals surface area contributed by atoms with Crippen molar-refractivity contribution in [1.82, 2.24) is 0 Å². The highest BCUT2D eigenvalue weighted by Crippen LogP contribution is 2.27. The molecule has 0 spiro atoms. The molecule has 0 aliphatic carbocycles. The van der Waals surface area contributed by atoms with Crippen molar-refractivity contribution >= 4 is 16.7 Å². The van der Waals surface area contributed by atoms with Gasteiger partial charge in [-0.3, -0.25) is 0 Å². The number of hydrogen-bond acceptors (Lipinski definition) is 2. The number of rotatable bonds is 2. The molecule has 2 rings (SSSR count). The van der Waals surface area contributed by atoms with Crippen LogP contribution in [-0.2, 0) is 5.11 Å². The average molecular weight is 201 g/mol. The fraction of sp³-hybridized carbons (Fsp3) is 0.0833. The molecule has 0 atom stereocenters. The molecule has 3 heteroatoms. The van der Waals surface area contributed by atoms with Crippen LogP contribution in [0.2, 0.25) is 0 Å². The Hall–Kier alpha value is -2.03. The molecular formula is C12H9O3. The molecule has 0 aliphatic heterocycles. The summed E-state index contributed by atoms with van der Waals surface area (Å²) in [6.07, 6.45) is 0. The summed E-state index contributed by atoms with van der Waals surface area (Å²) < 4.78 is 4.99. The maximum atomic E-state index is 11.0. The SMILES string of the molecule is COc1ccc2ccccc2c1C([O])=O. The molecule has 0 aromatic heterocycles. The topological polar surface area (TPSA) is 46.2 Å². The molecule has 0 heterocycles. The molecule has 0 bridgehead atoms. The van der Waals surface area contributed by atoms with Crippen molar-refractivity contribution in [2.45, 2.75) is 0 Å². The van der Waals surface area contributed by atoms with E-state index in [1.165, 1.54) is 7.11 Å². The first kappa shape index (κ1) is 9.52. The number of carbonyl (C=O) groups is 1. The van der Waals surface area contributed by atoms with Gasteiger partial charge in [0.2, 0.25) is 0 Å². The minimum atomic E-state index is -1.22. The van der Waals surface area contributed by atoms with Crippen LogP contribution in [0.1, 0.15) is 10.4 Å². The van der Waals surface area contributed by atoms with E-state index in [1.807, 2.05) is 18.2 Å². The van der Waals surface area contributed by atoms with E-state index < -0.39 is 5.97 Å². The Balaban J connectivity index is 2.85. The van der Waals surface area contributed by atoms with Crippen molar-refractivity contribution in [3.63, 3.8) is 0 Å². The van der Waals surface area contributed by atoms with Gasteiger partial charge < -0.3 is 4.74 Å². The molecule has 0 aliphatic rings. The zero-order chi connectivity index (χ0) is 10.8. The Kier molecular flexibility index (Phi) is 2.29. The highest BCUT2D eigenvalue weighted by atomic mass is 16.5. The summed E-state index contributed by atoms with van der Waals surface area (Å²) in [6.45, 7) is 0. The van der Waals surface area contributed by atoms with E-state index in [-0.39, 0.29) is 5.56 Å². The minimum absolute atomic E-state index is 0.107. The molecule has 3 nitrogen and oxygen atoms in total. The van der Waals surface area contributed by atoms with Gasteiger partial charge in [-0.05, 0) is 11.5 Å². The van der Waals surface area contributed by atoms with Crippen LogP contribution >= 0.6 is 0 Å². The van der Waals surface area contributed by atoms with E-state index in [1.54, 1.807) is 18.2 Å². The highest BCUT2D eigenvalue weighted by Gasteiger charge is 2.16. The summed E-state index contributed by atoms with van der Waals surface area (Å²) in [5.41, 5.74) is 0.107. The zero-order valence-electron chi connectivity index (χ0n) is 8.19. The quantitative estimate of drug-likeness (QED) is 0.749. The Morgan fingerprint density at radius 3 is 2.53 bits per heavy atom. The number of benzene rings is 2. The van der Waals surface area contributed by atoms with E-state index in [4.69, 9.17) is 4.74 Å². The van der Waals surface area contributed by atoms with Crippen molar-refractivity contribution in [3.05, 3.63) is 42.0 Å². The molecule has 0 saturated carbocycles. The van der Waals surface area contributed by atoms with Gasteiger partial charge in [-0.1, -0.05) is 30.3 Å². The highest BCUT2D eigenvalue weighted by molar-refractivity contribution is 6.06. The summed E-state index contributed by atoms with van der Waals surface area (Å²) in [4.78, 5) is 11.0. The number of methoxy groups -OCH3 is 1. The van der Waals surface area contributed by atoms with E-state index in [0.29, 0.717) is 11.1 Å². The first-order valence-electron chi connectivity index (χ1n) is 4.51. The number of carbonyl (C=O) groups excluding carboxylic acids is 1. The summed E-state index contributed by atoms with van der Waals surface area (Å²) in [6, 6.07) is 10.7. The van der Waals surface area contributed by atoms with Crippen molar-refractivity contribution in [3.8, 4) is 5.75 Å². The number of ether oxygens (including phenoxy) is 1. The van der Waals surface area contributed by atoms with Gasteiger partial charge in [0.15, 0.2) is 0 Å². The van der Waals surface area contributed by atoms with Crippen LogP contribution in [0, 0.1) is 0 Å². The van der Waals surface area contributed by atoms with Gasteiger partial charge in [-0.25, -0.2) is 9.90 Å². The largest absolute Gasteiger partial charge is 0.496 e. The van der Waals surface area contributed by atoms with E-state index in [2.05, 4.69) is 0 Å². The molecule has 0 saturated heterocycles. The van der Waals surface area contributed by atoms with Crippen molar-refractivity contribution in [2.75, 3.05) is 7.11 Å². The maximum Gasteiger partial charge on any atom is 0.390 e. The Morgan fingerprint density at radius 1 is 1.13 bits per heavy atom. The van der Waals surface area contributed by atoms with Gasteiger partial charge in [0.1, 0.15) is 11.3 Å². The molecule has 2 aromatic rings. The summed E-state index contributed by atoms with van der Waals surface area (Å²) in [7, 11) is 1.44. The Labute approximate surface area is 86.9 Å². The third kappa shape index (κ3) is 1.52. The molecular weight excluding hydrogens is 192 g/mol. The standard InChI is InChI=1S/C12H9O3/c1-15-10-7-6-8-4-2-3-5-9(8)11(10)12(13)14/h2-7H,1H3. The molecule has 0 unspecified atom stereocenters. The average Bonchev–Trinajstić information content (AvgIpc) is 2.27. The lowest BCUT2D eigenvalue weighted by Crippen LogP contribution is -2.00. The predicted octanol–water partition coefficient (Wildman–Crippen LogP) is 2.42. The van der Waals surface area contributed by atoms with Gasteiger partial charge in [0.25, 0.3) is 0 Å². The third-order valence-corrected chi connectivity index (χ3v) is 2.31. The molecule has 0 amide bonds. The number of fused-ring (bicyclic) bond motifs is 1. The first-order chi connectivity index (χ1) is 7.24. The fourth-order valence-corrected chi connectivity index (χ4v) is 1.63. The normalized spacial score (nSPS) is 10.2. The monoisotopic (exact) mass is 201 g/mol. The second kappa shape index (κ2) is 3.61. The van der Waals surface area contributed by atoms with Gasteiger partial charge >= 0.3 is 5.97 Å². The van der Waals surface area contributed by atoms with E-state index in [0.717, 1.165) is 5.39 Å². The van der Waals surface area contributed by atoms with Gasteiger partial charge in [-0.2, -0.15) is 0 Å². The van der Waals surface area contributed by atoms with Crippen LogP contribution in [0.15, 0.2) is 36.4 Å². The Morgan fingerprint density at radius 2 is 1.87 bits per heavy atom. The first-order valence-corrected chi connectivity index (χ1v) is 4.51. The van der Waals surface area contributed by atoms with Crippen LogP contribution in [0.25, 0.3) is 10.8 Å². The van der Waals surface area contributed by atoms with E-state index >= 15 is 0 Å². The lowest BCUT2D eigenvalue weighted by atomic mass is 10.0. The molecule has 75 valence electrons. The molecule has 1 radical (unpaired) electrons. The van der Waals surface area contributed by atoms with Gasteiger partial charge in [0.05, 0.1) is 7.11 Å². The van der Waals surface area contributed by atoms with Crippen LogP contribution < -0.4 is 4.74 Å². The second-order valence-corrected chi connectivity index (χ2v) is 3.15. The minimum Gasteiger partial charge on any atom is -0.496 e. The van der Waals surface area contributed by atoms with Crippen molar-refractivity contribution < 1.29 is 14.6 Å². The Bertz CT molecular complexity index is 517. The van der Waals surface area contributed by atoms with Crippen molar-refractivity contribution in [2.24, 2.45) is 0 Å². The third-order valence-electron chi connectivity index (χ3n) is 2.31. The summed E-state index contributed by atoms with van der Waals surface area (Å²) in [5.74, 6) is -0.891. The lowest BCUT2D eigenvalue weighted by Gasteiger charge is -2.06. The van der Waals surface area contributed by atoms with Crippen LogP contribution in [0.4, 0.5) is 0 Å². The lowest BCUT2D eigenvalue weighted by molar-refractivity contribution is 0.0572. The summed E-state index contributed by atoms with van der Waals surface area (Å²) in [5, 5.41) is 12.5. The molecule has 2 aromatic carbocycles. The van der Waals surface area contributed by atoms with Gasteiger partial charge in [0, 0.05) is 5.39 Å². The fourth-order valence-electron chi connectivity index (χ4n) is 1.63. The summed E-state index contributed by atoms with van der Waals surface area (Å²) >= 11 is 0. The van der Waals surface area contributed by atoms with Crippen LogP contribution in [-0.4, -0.2) is 13.1 Å². The van der Waals surface area contributed by atoms with Crippen molar-refractivity contribution in [1.29, 1.82) is 0 Å². The number of hydrogen-bond donors (Lipinski definition) is 0. The van der Waals surface area contributed by atoms with E-state index in [9.17, 15) is 9.90 Å². The molecule has 15 heavy (non-hydrogen) atoms. The molecule has 0 fully saturated rings.